The summed E-state index contributed by atoms with van der Waals surface area (Å²) in [5.74, 6) is 0.281. The van der Waals surface area contributed by atoms with Crippen molar-refractivity contribution < 1.29 is 4.79 Å². The Labute approximate surface area is 123 Å². The largest absolute Gasteiger partial charge is 0.384 e. The number of rotatable bonds is 5. The van der Waals surface area contributed by atoms with Crippen LogP contribution in [0.4, 0.5) is 11.5 Å². The highest BCUT2D eigenvalue weighted by Gasteiger charge is 2.11. The van der Waals surface area contributed by atoms with E-state index in [-0.39, 0.29) is 5.91 Å². The molecular weight excluding hydrogens is 274 g/mol. The monoisotopic (exact) mass is 289 g/mol. The van der Waals surface area contributed by atoms with Gasteiger partial charge in [0.05, 0.1) is 10.6 Å². The van der Waals surface area contributed by atoms with Crippen molar-refractivity contribution in [3.8, 4) is 0 Å². The SMILES string of the molecule is CCCNc1ccccc1C(=O)Nc1ccc(Cl)cn1. The highest BCUT2D eigenvalue weighted by atomic mass is 35.5. The molecule has 0 aliphatic rings. The number of amides is 1. The first kappa shape index (κ1) is 14.3. The van der Waals surface area contributed by atoms with E-state index in [1.54, 1.807) is 18.2 Å². The molecule has 0 spiro atoms. The number of aromatic nitrogens is 1. The first-order valence-corrected chi connectivity index (χ1v) is 6.84. The van der Waals surface area contributed by atoms with Crippen LogP contribution < -0.4 is 10.6 Å². The highest BCUT2D eigenvalue weighted by molar-refractivity contribution is 6.30. The Bertz CT molecular complexity index is 584. The van der Waals surface area contributed by atoms with Gasteiger partial charge >= 0.3 is 0 Å². The van der Waals surface area contributed by atoms with Crippen LogP contribution in [-0.4, -0.2) is 17.4 Å². The zero-order chi connectivity index (χ0) is 14.4. The van der Waals surface area contributed by atoms with Crippen molar-refractivity contribution in [3.05, 3.63) is 53.2 Å². The van der Waals surface area contributed by atoms with Crippen LogP contribution in [0.15, 0.2) is 42.6 Å². The van der Waals surface area contributed by atoms with Gasteiger partial charge in [0.15, 0.2) is 0 Å². The average Bonchev–Trinajstić information content (AvgIpc) is 2.47. The number of hydrogen-bond donors (Lipinski definition) is 2. The van der Waals surface area contributed by atoms with Gasteiger partial charge in [0.2, 0.25) is 0 Å². The van der Waals surface area contributed by atoms with E-state index in [2.05, 4.69) is 22.5 Å². The Balaban J connectivity index is 2.14. The highest BCUT2D eigenvalue weighted by Crippen LogP contribution is 2.17. The van der Waals surface area contributed by atoms with Crippen LogP contribution in [0.3, 0.4) is 0 Å². The van der Waals surface area contributed by atoms with Crippen molar-refractivity contribution in [2.45, 2.75) is 13.3 Å². The van der Waals surface area contributed by atoms with Crippen LogP contribution in [0.2, 0.25) is 5.02 Å². The summed E-state index contributed by atoms with van der Waals surface area (Å²) in [5, 5.41) is 6.53. The Hall–Kier alpha value is -2.07. The number of carbonyl (C=O) groups excluding carboxylic acids is 1. The lowest BCUT2D eigenvalue weighted by Gasteiger charge is -2.11. The maximum atomic E-state index is 12.3. The molecule has 0 bridgehead atoms. The second kappa shape index (κ2) is 6.91. The molecule has 104 valence electrons. The maximum Gasteiger partial charge on any atom is 0.258 e. The molecule has 1 heterocycles. The lowest BCUT2D eigenvalue weighted by molar-refractivity contribution is 0.102. The third-order valence-corrected chi connectivity index (χ3v) is 2.93. The van der Waals surface area contributed by atoms with E-state index in [1.165, 1.54) is 6.20 Å². The molecule has 2 N–H and O–H groups in total. The zero-order valence-corrected chi connectivity index (χ0v) is 11.9. The molecule has 0 saturated heterocycles. The van der Waals surface area contributed by atoms with Crippen molar-refractivity contribution in [1.29, 1.82) is 0 Å². The fraction of sp³-hybridized carbons (Fsp3) is 0.200. The lowest BCUT2D eigenvalue weighted by atomic mass is 10.1. The van der Waals surface area contributed by atoms with Gasteiger partial charge in [-0.05, 0) is 30.7 Å². The van der Waals surface area contributed by atoms with Crippen molar-refractivity contribution in [1.82, 2.24) is 4.98 Å². The molecule has 2 rings (SSSR count). The first-order chi connectivity index (χ1) is 9.70. The fourth-order valence-electron chi connectivity index (χ4n) is 1.73. The van der Waals surface area contributed by atoms with Crippen molar-refractivity contribution >= 4 is 29.0 Å². The molecule has 1 aromatic heterocycles. The third-order valence-electron chi connectivity index (χ3n) is 2.71. The minimum absolute atomic E-state index is 0.195. The first-order valence-electron chi connectivity index (χ1n) is 6.46. The van der Waals surface area contributed by atoms with E-state index < -0.39 is 0 Å². The molecule has 0 aliphatic carbocycles. The zero-order valence-electron chi connectivity index (χ0n) is 11.2. The summed E-state index contributed by atoms with van der Waals surface area (Å²) in [6, 6.07) is 10.8. The third kappa shape index (κ3) is 3.71. The van der Waals surface area contributed by atoms with Crippen LogP contribution in [0.1, 0.15) is 23.7 Å². The van der Waals surface area contributed by atoms with E-state index in [0.717, 1.165) is 18.7 Å². The molecule has 1 aromatic carbocycles. The van der Waals surface area contributed by atoms with E-state index in [9.17, 15) is 4.79 Å². The van der Waals surface area contributed by atoms with Gasteiger partial charge < -0.3 is 10.6 Å². The van der Waals surface area contributed by atoms with E-state index in [4.69, 9.17) is 11.6 Å². The average molecular weight is 290 g/mol. The van der Waals surface area contributed by atoms with Gasteiger partial charge in [-0.25, -0.2) is 4.98 Å². The molecule has 0 aliphatic heterocycles. The molecule has 5 heteroatoms. The molecule has 2 aromatic rings. The quantitative estimate of drug-likeness (QED) is 0.880. The predicted molar refractivity (Wildman–Crippen MR) is 82.4 cm³/mol. The van der Waals surface area contributed by atoms with Crippen LogP contribution >= 0.6 is 11.6 Å². The minimum Gasteiger partial charge on any atom is -0.384 e. The number of nitrogens with zero attached hydrogens (tertiary/aromatic N) is 1. The topological polar surface area (TPSA) is 54.0 Å². The summed E-state index contributed by atoms with van der Waals surface area (Å²) in [7, 11) is 0. The number of halogens is 1. The molecule has 20 heavy (non-hydrogen) atoms. The number of para-hydroxylation sites is 1. The van der Waals surface area contributed by atoms with Crippen molar-refractivity contribution in [2.24, 2.45) is 0 Å². The van der Waals surface area contributed by atoms with Crippen LogP contribution in [0.25, 0.3) is 0 Å². The van der Waals surface area contributed by atoms with Crippen molar-refractivity contribution in [2.75, 3.05) is 17.2 Å². The van der Waals surface area contributed by atoms with Gasteiger partial charge in [-0.15, -0.1) is 0 Å². The number of pyridine rings is 1. The lowest BCUT2D eigenvalue weighted by Crippen LogP contribution is -2.15. The molecule has 0 fully saturated rings. The molecule has 0 unspecified atom stereocenters. The normalized spacial score (nSPS) is 10.1. The van der Waals surface area contributed by atoms with Gasteiger partial charge in [0.25, 0.3) is 5.91 Å². The second-order valence-electron chi connectivity index (χ2n) is 4.29. The number of benzene rings is 1. The summed E-state index contributed by atoms with van der Waals surface area (Å²) < 4.78 is 0. The van der Waals surface area contributed by atoms with Crippen LogP contribution in [0, 0.1) is 0 Å². The van der Waals surface area contributed by atoms with Crippen molar-refractivity contribution in [3.63, 3.8) is 0 Å². The predicted octanol–water partition coefficient (Wildman–Crippen LogP) is 3.81. The molecule has 0 radical (unpaired) electrons. The van der Waals surface area contributed by atoms with Gasteiger partial charge in [0, 0.05) is 18.4 Å². The Morgan fingerprint density at radius 2 is 2.05 bits per heavy atom. The molecule has 4 nitrogen and oxygen atoms in total. The van der Waals surface area contributed by atoms with E-state index >= 15 is 0 Å². The molecular formula is C15H16ClN3O. The summed E-state index contributed by atoms with van der Waals surface area (Å²) in [6.45, 7) is 2.90. The van der Waals surface area contributed by atoms with E-state index in [1.807, 2.05) is 18.2 Å². The van der Waals surface area contributed by atoms with Crippen LogP contribution in [0.5, 0.6) is 0 Å². The number of anilines is 2. The molecule has 0 saturated carbocycles. The number of hydrogen-bond acceptors (Lipinski definition) is 3. The molecule has 1 amide bonds. The number of carbonyl (C=O) groups is 1. The summed E-state index contributed by atoms with van der Waals surface area (Å²) in [5.41, 5.74) is 1.42. The van der Waals surface area contributed by atoms with Gasteiger partial charge in [-0.3, -0.25) is 4.79 Å². The maximum absolute atomic E-state index is 12.3. The summed E-state index contributed by atoms with van der Waals surface area (Å²) >= 11 is 5.76. The van der Waals surface area contributed by atoms with Gasteiger partial charge in [0.1, 0.15) is 5.82 Å². The fourth-order valence-corrected chi connectivity index (χ4v) is 1.84. The Kier molecular flexibility index (Phi) is 4.96. The smallest absolute Gasteiger partial charge is 0.258 e. The molecule has 0 atom stereocenters. The Morgan fingerprint density at radius 1 is 1.25 bits per heavy atom. The van der Waals surface area contributed by atoms with E-state index in [0.29, 0.717) is 16.4 Å². The van der Waals surface area contributed by atoms with Gasteiger partial charge in [-0.2, -0.15) is 0 Å². The Morgan fingerprint density at radius 3 is 2.75 bits per heavy atom. The second-order valence-corrected chi connectivity index (χ2v) is 4.72. The summed E-state index contributed by atoms with van der Waals surface area (Å²) in [4.78, 5) is 16.3. The van der Waals surface area contributed by atoms with Gasteiger partial charge in [-0.1, -0.05) is 30.7 Å². The summed E-state index contributed by atoms with van der Waals surface area (Å²) in [6.07, 6.45) is 2.49. The standard InChI is InChI=1S/C15H16ClN3O/c1-2-9-17-13-6-4-3-5-12(13)15(20)19-14-8-7-11(16)10-18-14/h3-8,10,17H,2,9H2,1H3,(H,18,19,20). The van der Waals surface area contributed by atoms with Crippen LogP contribution in [-0.2, 0) is 0 Å². The minimum atomic E-state index is -0.195. The number of nitrogens with one attached hydrogen (secondary N) is 2.